The largest absolute Gasteiger partial charge is 0.352 e. The third-order valence-corrected chi connectivity index (χ3v) is 3.72. The molecule has 19 heavy (non-hydrogen) atoms. The SMILES string of the molecule is N#Cc1csc(C(=O)c2cc3cc(Cl)ccc3[nH]2)n1. The van der Waals surface area contributed by atoms with Crippen LogP contribution in [0.25, 0.3) is 10.9 Å². The van der Waals surface area contributed by atoms with Gasteiger partial charge in [-0.3, -0.25) is 4.79 Å². The van der Waals surface area contributed by atoms with Crippen molar-refractivity contribution >= 4 is 39.6 Å². The van der Waals surface area contributed by atoms with E-state index in [2.05, 4.69) is 9.97 Å². The number of halogens is 1. The summed E-state index contributed by atoms with van der Waals surface area (Å²) in [4.78, 5) is 19.2. The lowest BCUT2D eigenvalue weighted by Gasteiger charge is -1.91. The Morgan fingerprint density at radius 2 is 2.26 bits per heavy atom. The van der Waals surface area contributed by atoms with E-state index in [0.717, 1.165) is 22.2 Å². The number of hydrogen-bond acceptors (Lipinski definition) is 4. The minimum atomic E-state index is -0.223. The normalized spacial score (nSPS) is 10.5. The lowest BCUT2D eigenvalue weighted by atomic mass is 10.2. The number of aromatic amines is 1. The first-order valence-electron chi connectivity index (χ1n) is 5.36. The van der Waals surface area contributed by atoms with Gasteiger partial charge in [0.1, 0.15) is 6.07 Å². The highest BCUT2D eigenvalue weighted by Crippen LogP contribution is 2.22. The van der Waals surface area contributed by atoms with E-state index in [9.17, 15) is 4.79 Å². The van der Waals surface area contributed by atoms with Crippen molar-refractivity contribution in [2.45, 2.75) is 0 Å². The van der Waals surface area contributed by atoms with Gasteiger partial charge < -0.3 is 4.98 Å². The van der Waals surface area contributed by atoms with Crippen molar-refractivity contribution < 1.29 is 4.79 Å². The second kappa shape index (κ2) is 4.50. The Kier molecular flexibility index (Phi) is 2.82. The van der Waals surface area contributed by atoms with Crippen LogP contribution in [0.1, 0.15) is 21.2 Å². The van der Waals surface area contributed by atoms with Crippen molar-refractivity contribution in [1.29, 1.82) is 5.26 Å². The molecule has 0 aliphatic carbocycles. The van der Waals surface area contributed by atoms with Crippen molar-refractivity contribution in [3.8, 4) is 6.07 Å². The summed E-state index contributed by atoms with van der Waals surface area (Å²) in [5.74, 6) is -0.223. The van der Waals surface area contributed by atoms with Crippen molar-refractivity contribution in [2.75, 3.05) is 0 Å². The quantitative estimate of drug-likeness (QED) is 0.735. The number of aromatic nitrogens is 2. The molecule has 0 amide bonds. The fourth-order valence-corrected chi connectivity index (χ4v) is 2.65. The number of nitrogens with zero attached hydrogens (tertiary/aromatic N) is 2. The van der Waals surface area contributed by atoms with E-state index < -0.39 is 0 Å². The predicted molar refractivity (Wildman–Crippen MR) is 73.6 cm³/mol. The molecule has 0 spiro atoms. The zero-order valence-corrected chi connectivity index (χ0v) is 11.0. The molecule has 0 atom stereocenters. The van der Waals surface area contributed by atoms with E-state index in [0.29, 0.717) is 15.7 Å². The van der Waals surface area contributed by atoms with Crippen LogP contribution in [-0.4, -0.2) is 15.8 Å². The molecule has 1 aromatic carbocycles. The maximum atomic E-state index is 12.2. The van der Waals surface area contributed by atoms with Gasteiger partial charge in [-0.25, -0.2) is 4.98 Å². The molecule has 0 radical (unpaired) electrons. The van der Waals surface area contributed by atoms with Gasteiger partial charge in [0.2, 0.25) is 5.78 Å². The van der Waals surface area contributed by atoms with E-state index >= 15 is 0 Å². The number of nitrogens with one attached hydrogen (secondary N) is 1. The first-order valence-corrected chi connectivity index (χ1v) is 6.62. The summed E-state index contributed by atoms with van der Waals surface area (Å²) in [6.07, 6.45) is 0. The smallest absolute Gasteiger partial charge is 0.237 e. The minimum absolute atomic E-state index is 0.223. The van der Waals surface area contributed by atoms with Crippen LogP contribution in [0.4, 0.5) is 0 Å². The van der Waals surface area contributed by atoms with Crippen molar-refractivity contribution in [1.82, 2.24) is 9.97 Å². The van der Waals surface area contributed by atoms with Gasteiger partial charge in [0.15, 0.2) is 10.7 Å². The molecule has 0 unspecified atom stereocenters. The van der Waals surface area contributed by atoms with Crippen molar-refractivity contribution in [3.63, 3.8) is 0 Å². The van der Waals surface area contributed by atoms with Crippen LogP contribution >= 0.6 is 22.9 Å². The molecule has 2 heterocycles. The molecule has 3 rings (SSSR count). The van der Waals surface area contributed by atoms with E-state index in [4.69, 9.17) is 16.9 Å². The predicted octanol–water partition coefficient (Wildman–Crippen LogP) is 3.38. The van der Waals surface area contributed by atoms with E-state index in [1.165, 1.54) is 0 Å². The average Bonchev–Trinajstić information content (AvgIpc) is 3.03. The van der Waals surface area contributed by atoms with Crippen LogP contribution in [0, 0.1) is 11.3 Å². The summed E-state index contributed by atoms with van der Waals surface area (Å²) < 4.78 is 0. The molecular weight excluding hydrogens is 282 g/mol. The zero-order chi connectivity index (χ0) is 13.4. The van der Waals surface area contributed by atoms with Gasteiger partial charge in [0.25, 0.3) is 0 Å². The van der Waals surface area contributed by atoms with Gasteiger partial charge in [0.05, 0.1) is 5.69 Å². The van der Waals surface area contributed by atoms with Crippen LogP contribution < -0.4 is 0 Å². The van der Waals surface area contributed by atoms with E-state index in [-0.39, 0.29) is 11.5 Å². The lowest BCUT2D eigenvalue weighted by molar-refractivity contribution is 0.103. The minimum Gasteiger partial charge on any atom is -0.352 e. The lowest BCUT2D eigenvalue weighted by Crippen LogP contribution is -2.00. The third kappa shape index (κ3) is 2.12. The van der Waals surface area contributed by atoms with Crippen LogP contribution in [0.15, 0.2) is 29.6 Å². The molecule has 0 aliphatic heterocycles. The average molecular weight is 288 g/mol. The molecule has 2 aromatic heterocycles. The standard InChI is InChI=1S/C13H6ClN3OS/c14-8-1-2-10-7(3-8)4-11(17-10)12(18)13-16-9(5-15)6-19-13/h1-4,6,17H. The second-order valence-corrected chi connectivity index (χ2v) is 5.19. The van der Waals surface area contributed by atoms with Crippen LogP contribution in [0.3, 0.4) is 0 Å². The van der Waals surface area contributed by atoms with Crippen molar-refractivity contribution in [3.05, 3.63) is 51.1 Å². The number of fused-ring (bicyclic) bond motifs is 1. The number of benzene rings is 1. The topological polar surface area (TPSA) is 69.5 Å². The summed E-state index contributed by atoms with van der Waals surface area (Å²) in [5, 5.41) is 12.1. The highest BCUT2D eigenvalue weighted by atomic mass is 35.5. The van der Waals surface area contributed by atoms with Crippen LogP contribution in [0.2, 0.25) is 5.02 Å². The monoisotopic (exact) mass is 287 g/mol. The molecule has 92 valence electrons. The number of thiazole rings is 1. The number of hydrogen-bond donors (Lipinski definition) is 1. The highest BCUT2D eigenvalue weighted by Gasteiger charge is 2.16. The van der Waals surface area contributed by atoms with E-state index in [1.807, 2.05) is 12.1 Å². The third-order valence-electron chi connectivity index (χ3n) is 2.64. The molecule has 6 heteroatoms. The number of H-pyrrole nitrogens is 1. The molecule has 0 saturated heterocycles. The molecular formula is C13H6ClN3OS. The summed E-state index contributed by atoms with van der Waals surface area (Å²) in [7, 11) is 0. The van der Waals surface area contributed by atoms with E-state index in [1.54, 1.807) is 23.6 Å². The van der Waals surface area contributed by atoms with Gasteiger partial charge in [-0.2, -0.15) is 5.26 Å². The number of carbonyl (C=O) groups is 1. The Balaban J connectivity index is 2.04. The maximum absolute atomic E-state index is 12.2. The Hall–Kier alpha value is -2.16. The van der Waals surface area contributed by atoms with Crippen molar-refractivity contribution in [2.24, 2.45) is 0 Å². The highest BCUT2D eigenvalue weighted by molar-refractivity contribution is 7.12. The second-order valence-electron chi connectivity index (χ2n) is 3.89. The summed E-state index contributed by atoms with van der Waals surface area (Å²) >= 11 is 7.06. The molecule has 0 aliphatic rings. The Morgan fingerprint density at radius 3 is 3.00 bits per heavy atom. The number of nitriles is 1. The van der Waals surface area contributed by atoms with Gasteiger partial charge in [-0.05, 0) is 24.3 Å². The Morgan fingerprint density at radius 1 is 1.42 bits per heavy atom. The fraction of sp³-hybridized carbons (Fsp3) is 0. The Bertz CT molecular complexity index is 828. The van der Waals surface area contributed by atoms with Crippen LogP contribution in [-0.2, 0) is 0 Å². The molecule has 0 bridgehead atoms. The fourth-order valence-electron chi connectivity index (χ4n) is 1.77. The first kappa shape index (κ1) is 11.9. The summed E-state index contributed by atoms with van der Waals surface area (Å²) in [5.41, 5.74) is 1.54. The Labute approximate surface area is 117 Å². The maximum Gasteiger partial charge on any atom is 0.237 e. The van der Waals surface area contributed by atoms with Gasteiger partial charge in [-0.15, -0.1) is 11.3 Å². The molecule has 1 N–H and O–H groups in total. The molecule has 0 fully saturated rings. The summed E-state index contributed by atoms with van der Waals surface area (Å²) in [6.45, 7) is 0. The van der Waals surface area contributed by atoms with Gasteiger partial charge >= 0.3 is 0 Å². The first-order chi connectivity index (χ1) is 9.17. The molecule has 3 aromatic rings. The molecule has 0 saturated carbocycles. The number of rotatable bonds is 2. The van der Waals surface area contributed by atoms with Gasteiger partial charge in [-0.1, -0.05) is 11.6 Å². The number of carbonyl (C=O) groups excluding carboxylic acids is 1. The zero-order valence-electron chi connectivity index (χ0n) is 9.48. The molecule has 4 nitrogen and oxygen atoms in total. The number of ketones is 1. The van der Waals surface area contributed by atoms with Gasteiger partial charge in [0, 0.05) is 21.3 Å². The summed E-state index contributed by atoms with van der Waals surface area (Å²) in [6, 6.07) is 9.00. The van der Waals surface area contributed by atoms with Crippen LogP contribution in [0.5, 0.6) is 0 Å².